The lowest BCUT2D eigenvalue weighted by Crippen LogP contribution is -2.42. The number of hydrogen-bond acceptors (Lipinski definition) is 2. The van der Waals surface area contributed by atoms with Crippen molar-refractivity contribution in [2.24, 2.45) is 11.8 Å². The quantitative estimate of drug-likeness (QED) is 0.708. The summed E-state index contributed by atoms with van der Waals surface area (Å²) in [4.78, 5) is 0. The minimum atomic E-state index is 0.350. The van der Waals surface area contributed by atoms with Crippen LogP contribution in [0.4, 0.5) is 0 Å². The van der Waals surface area contributed by atoms with Crippen molar-refractivity contribution in [1.82, 2.24) is 5.32 Å². The van der Waals surface area contributed by atoms with Crippen LogP contribution in [0.1, 0.15) is 66.2 Å². The average Bonchev–Trinajstić information content (AvgIpc) is 2.39. The molecule has 1 fully saturated rings. The maximum atomic E-state index is 5.84. The minimum Gasteiger partial charge on any atom is -0.377 e. The standard InChI is InChI=1S/C16H33NO/c1-5-11-17-16(12-18-13(3)4)15-9-7-14(6-2)8-10-15/h13-17H,5-12H2,1-4H3. The van der Waals surface area contributed by atoms with E-state index < -0.39 is 0 Å². The van der Waals surface area contributed by atoms with E-state index >= 15 is 0 Å². The molecule has 1 aliphatic rings. The molecule has 0 aromatic heterocycles. The van der Waals surface area contributed by atoms with E-state index in [4.69, 9.17) is 4.74 Å². The first-order chi connectivity index (χ1) is 8.67. The number of rotatable bonds is 8. The summed E-state index contributed by atoms with van der Waals surface area (Å²) in [6, 6.07) is 0.574. The Kier molecular flexibility index (Phi) is 7.92. The summed E-state index contributed by atoms with van der Waals surface area (Å²) in [7, 11) is 0. The van der Waals surface area contributed by atoms with Crippen molar-refractivity contribution in [3.05, 3.63) is 0 Å². The van der Waals surface area contributed by atoms with E-state index in [0.29, 0.717) is 12.1 Å². The lowest BCUT2D eigenvalue weighted by Gasteiger charge is -2.34. The van der Waals surface area contributed by atoms with Crippen LogP contribution >= 0.6 is 0 Å². The zero-order valence-electron chi connectivity index (χ0n) is 12.9. The molecular formula is C16H33NO. The predicted molar refractivity (Wildman–Crippen MR) is 78.9 cm³/mol. The van der Waals surface area contributed by atoms with Crippen LogP contribution in [0, 0.1) is 11.8 Å². The first kappa shape index (κ1) is 16.0. The largest absolute Gasteiger partial charge is 0.377 e. The van der Waals surface area contributed by atoms with Gasteiger partial charge < -0.3 is 10.1 Å². The summed E-state index contributed by atoms with van der Waals surface area (Å²) >= 11 is 0. The van der Waals surface area contributed by atoms with Crippen LogP contribution < -0.4 is 5.32 Å². The van der Waals surface area contributed by atoms with Gasteiger partial charge in [-0.3, -0.25) is 0 Å². The monoisotopic (exact) mass is 255 g/mol. The van der Waals surface area contributed by atoms with E-state index in [2.05, 4.69) is 33.0 Å². The van der Waals surface area contributed by atoms with Gasteiger partial charge in [-0.15, -0.1) is 0 Å². The molecule has 0 heterocycles. The van der Waals surface area contributed by atoms with Crippen molar-refractivity contribution >= 4 is 0 Å². The van der Waals surface area contributed by atoms with Gasteiger partial charge in [0.25, 0.3) is 0 Å². The Balaban J connectivity index is 2.38. The van der Waals surface area contributed by atoms with Crippen molar-refractivity contribution in [1.29, 1.82) is 0 Å². The van der Waals surface area contributed by atoms with E-state index in [9.17, 15) is 0 Å². The molecule has 1 atom stereocenters. The number of nitrogens with one attached hydrogen (secondary N) is 1. The molecule has 0 aromatic rings. The Morgan fingerprint density at radius 2 is 1.78 bits per heavy atom. The van der Waals surface area contributed by atoms with E-state index in [1.165, 1.54) is 38.5 Å². The molecule has 2 nitrogen and oxygen atoms in total. The van der Waals surface area contributed by atoms with Crippen LogP contribution in [0.2, 0.25) is 0 Å². The van der Waals surface area contributed by atoms with Gasteiger partial charge in [0.15, 0.2) is 0 Å². The first-order valence-corrected chi connectivity index (χ1v) is 8.02. The fourth-order valence-electron chi connectivity index (χ4n) is 2.99. The third-order valence-electron chi connectivity index (χ3n) is 4.30. The van der Waals surface area contributed by atoms with E-state index in [1.807, 2.05) is 0 Å². The molecule has 0 radical (unpaired) electrons. The molecule has 1 unspecified atom stereocenters. The molecular weight excluding hydrogens is 222 g/mol. The van der Waals surface area contributed by atoms with Crippen LogP contribution in [0.15, 0.2) is 0 Å². The number of hydrogen-bond donors (Lipinski definition) is 1. The molecule has 18 heavy (non-hydrogen) atoms. The lowest BCUT2D eigenvalue weighted by atomic mass is 9.77. The molecule has 1 saturated carbocycles. The second-order valence-electron chi connectivity index (χ2n) is 6.13. The summed E-state index contributed by atoms with van der Waals surface area (Å²) < 4.78 is 5.84. The Morgan fingerprint density at radius 1 is 1.11 bits per heavy atom. The maximum absolute atomic E-state index is 5.84. The van der Waals surface area contributed by atoms with E-state index in [1.54, 1.807) is 0 Å². The Hall–Kier alpha value is -0.0800. The molecule has 0 saturated heterocycles. The molecule has 1 aliphatic carbocycles. The van der Waals surface area contributed by atoms with Gasteiger partial charge in [-0.1, -0.05) is 33.1 Å². The predicted octanol–water partition coefficient (Wildman–Crippen LogP) is 4.00. The third-order valence-corrected chi connectivity index (χ3v) is 4.30. The highest BCUT2D eigenvalue weighted by molar-refractivity contribution is 4.81. The zero-order valence-corrected chi connectivity index (χ0v) is 12.9. The van der Waals surface area contributed by atoms with Gasteiger partial charge in [0.2, 0.25) is 0 Å². The van der Waals surface area contributed by atoms with Gasteiger partial charge in [0.05, 0.1) is 12.7 Å². The van der Waals surface area contributed by atoms with Crippen molar-refractivity contribution in [3.8, 4) is 0 Å². The Morgan fingerprint density at radius 3 is 2.28 bits per heavy atom. The molecule has 1 rings (SSSR count). The highest BCUT2D eigenvalue weighted by Crippen LogP contribution is 2.32. The summed E-state index contributed by atoms with van der Waals surface area (Å²) in [5, 5.41) is 3.70. The van der Waals surface area contributed by atoms with Crippen molar-refractivity contribution in [2.45, 2.75) is 78.4 Å². The van der Waals surface area contributed by atoms with Gasteiger partial charge >= 0.3 is 0 Å². The highest BCUT2D eigenvalue weighted by Gasteiger charge is 2.26. The molecule has 1 N–H and O–H groups in total. The molecule has 0 amide bonds. The second-order valence-corrected chi connectivity index (χ2v) is 6.13. The number of ether oxygens (including phenoxy) is 1. The molecule has 0 spiro atoms. The smallest absolute Gasteiger partial charge is 0.0625 e. The zero-order chi connectivity index (χ0) is 13.4. The van der Waals surface area contributed by atoms with Crippen LogP contribution in [0.5, 0.6) is 0 Å². The van der Waals surface area contributed by atoms with E-state index in [0.717, 1.165) is 25.0 Å². The van der Waals surface area contributed by atoms with Crippen molar-refractivity contribution in [2.75, 3.05) is 13.2 Å². The minimum absolute atomic E-state index is 0.350. The summed E-state index contributed by atoms with van der Waals surface area (Å²) in [6.07, 6.45) is 8.55. The average molecular weight is 255 g/mol. The fourth-order valence-corrected chi connectivity index (χ4v) is 2.99. The van der Waals surface area contributed by atoms with Gasteiger partial charge in [0, 0.05) is 6.04 Å². The normalized spacial score (nSPS) is 26.5. The van der Waals surface area contributed by atoms with Crippen LogP contribution in [-0.4, -0.2) is 25.3 Å². The van der Waals surface area contributed by atoms with Crippen LogP contribution in [0.25, 0.3) is 0 Å². The molecule has 108 valence electrons. The Labute approximate surface area is 114 Å². The lowest BCUT2D eigenvalue weighted by molar-refractivity contribution is 0.0401. The van der Waals surface area contributed by atoms with Crippen molar-refractivity contribution in [3.63, 3.8) is 0 Å². The fraction of sp³-hybridized carbons (Fsp3) is 1.00. The van der Waals surface area contributed by atoms with Crippen molar-refractivity contribution < 1.29 is 4.74 Å². The summed E-state index contributed by atoms with van der Waals surface area (Å²) in [5.74, 6) is 1.82. The maximum Gasteiger partial charge on any atom is 0.0625 e. The van der Waals surface area contributed by atoms with E-state index in [-0.39, 0.29) is 0 Å². The highest BCUT2D eigenvalue weighted by atomic mass is 16.5. The molecule has 0 aromatic carbocycles. The Bertz CT molecular complexity index is 197. The van der Waals surface area contributed by atoms with Crippen LogP contribution in [0.3, 0.4) is 0 Å². The second kappa shape index (κ2) is 8.92. The summed E-state index contributed by atoms with van der Waals surface area (Å²) in [6.45, 7) is 10.8. The molecule has 0 bridgehead atoms. The van der Waals surface area contributed by atoms with Gasteiger partial charge in [-0.2, -0.15) is 0 Å². The first-order valence-electron chi connectivity index (χ1n) is 8.02. The van der Waals surface area contributed by atoms with Gasteiger partial charge in [-0.05, 0) is 51.5 Å². The molecule has 2 heteroatoms. The SMILES string of the molecule is CCCNC(COC(C)C)C1CCC(CC)CC1. The topological polar surface area (TPSA) is 21.3 Å². The third kappa shape index (κ3) is 5.71. The molecule has 0 aliphatic heterocycles. The van der Waals surface area contributed by atoms with Crippen LogP contribution in [-0.2, 0) is 4.74 Å². The van der Waals surface area contributed by atoms with Gasteiger partial charge in [-0.25, -0.2) is 0 Å². The van der Waals surface area contributed by atoms with Gasteiger partial charge in [0.1, 0.15) is 0 Å². The summed E-state index contributed by atoms with van der Waals surface area (Å²) in [5.41, 5.74) is 0.